The summed E-state index contributed by atoms with van der Waals surface area (Å²) < 4.78 is 5.36. The minimum atomic E-state index is -0.00611. The van der Waals surface area contributed by atoms with Gasteiger partial charge in [-0.05, 0) is 31.6 Å². The van der Waals surface area contributed by atoms with E-state index in [2.05, 4.69) is 27.9 Å². The van der Waals surface area contributed by atoms with Crippen LogP contribution >= 0.6 is 0 Å². The molecule has 6 heteroatoms. The number of hydrogen-bond acceptors (Lipinski definition) is 5. The molecule has 0 saturated heterocycles. The molecule has 2 aromatic rings. The van der Waals surface area contributed by atoms with Crippen LogP contribution in [0.25, 0.3) is 6.08 Å². The van der Waals surface area contributed by atoms with Crippen LogP contribution in [0.2, 0.25) is 0 Å². The summed E-state index contributed by atoms with van der Waals surface area (Å²) in [5, 5.41) is 0. The van der Waals surface area contributed by atoms with Crippen LogP contribution in [-0.2, 0) is 12.8 Å². The Balaban J connectivity index is 1.71. The molecule has 0 saturated carbocycles. The van der Waals surface area contributed by atoms with Gasteiger partial charge < -0.3 is 9.32 Å². The van der Waals surface area contributed by atoms with Crippen LogP contribution in [0.5, 0.6) is 0 Å². The molecule has 3 heterocycles. The van der Waals surface area contributed by atoms with E-state index in [0.717, 1.165) is 49.5 Å². The maximum absolute atomic E-state index is 12.3. The Morgan fingerprint density at radius 2 is 2.21 bits per heavy atom. The standard InChI is InChI=1S/C18H24N4O2/c1-13(11-14-5-4-10-24-14)12-22-8-6-15-16(7-9-22)19-18(21(2)3)20-17(15)23/h4-5,10-11H,6-9,12H2,1-3H3,(H,19,20,23)/b13-11+. The Morgan fingerprint density at radius 1 is 1.42 bits per heavy atom. The fourth-order valence-corrected chi connectivity index (χ4v) is 3.03. The summed E-state index contributed by atoms with van der Waals surface area (Å²) in [6, 6.07) is 3.84. The second kappa shape index (κ2) is 7.05. The van der Waals surface area contributed by atoms with Crippen molar-refractivity contribution in [2.24, 2.45) is 0 Å². The number of anilines is 1. The number of hydrogen-bond donors (Lipinski definition) is 1. The number of nitrogens with zero attached hydrogens (tertiary/aromatic N) is 3. The maximum Gasteiger partial charge on any atom is 0.255 e. The Bertz CT molecular complexity index is 775. The van der Waals surface area contributed by atoms with E-state index in [-0.39, 0.29) is 5.56 Å². The van der Waals surface area contributed by atoms with Crippen LogP contribution in [0.3, 0.4) is 0 Å². The van der Waals surface area contributed by atoms with Crippen molar-refractivity contribution in [3.63, 3.8) is 0 Å². The minimum absolute atomic E-state index is 0.00611. The van der Waals surface area contributed by atoms with E-state index in [4.69, 9.17) is 4.42 Å². The molecule has 0 bridgehead atoms. The van der Waals surface area contributed by atoms with Crippen LogP contribution in [0.1, 0.15) is 23.9 Å². The summed E-state index contributed by atoms with van der Waals surface area (Å²) >= 11 is 0. The van der Waals surface area contributed by atoms with E-state index in [0.29, 0.717) is 5.95 Å². The second-order valence-corrected chi connectivity index (χ2v) is 6.49. The second-order valence-electron chi connectivity index (χ2n) is 6.49. The quantitative estimate of drug-likeness (QED) is 0.929. The first kappa shape index (κ1) is 16.5. The lowest BCUT2D eigenvalue weighted by molar-refractivity contribution is 0.311. The summed E-state index contributed by atoms with van der Waals surface area (Å²) in [6.45, 7) is 4.74. The van der Waals surface area contributed by atoms with E-state index < -0.39 is 0 Å². The van der Waals surface area contributed by atoms with Crippen LogP contribution in [0.4, 0.5) is 5.95 Å². The highest BCUT2D eigenvalue weighted by Gasteiger charge is 2.19. The smallest absolute Gasteiger partial charge is 0.255 e. The van der Waals surface area contributed by atoms with Crippen molar-refractivity contribution >= 4 is 12.0 Å². The van der Waals surface area contributed by atoms with Gasteiger partial charge in [0.15, 0.2) is 0 Å². The first-order valence-electron chi connectivity index (χ1n) is 8.25. The van der Waals surface area contributed by atoms with E-state index in [9.17, 15) is 4.79 Å². The topological polar surface area (TPSA) is 65.4 Å². The van der Waals surface area contributed by atoms with Gasteiger partial charge in [-0.15, -0.1) is 0 Å². The summed E-state index contributed by atoms with van der Waals surface area (Å²) in [4.78, 5) is 24.0. The average Bonchev–Trinajstić information content (AvgIpc) is 2.94. The molecule has 0 aliphatic carbocycles. The Morgan fingerprint density at radius 3 is 2.92 bits per heavy atom. The maximum atomic E-state index is 12.3. The first-order valence-corrected chi connectivity index (χ1v) is 8.25. The Labute approximate surface area is 141 Å². The number of rotatable bonds is 4. The molecule has 128 valence electrons. The van der Waals surface area contributed by atoms with Crippen LogP contribution in [-0.4, -0.2) is 48.6 Å². The van der Waals surface area contributed by atoms with Gasteiger partial charge in [0.2, 0.25) is 5.95 Å². The van der Waals surface area contributed by atoms with Crippen molar-refractivity contribution in [3.8, 4) is 0 Å². The molecule has 1 aliphatic heterocycles. The lowest BCUT2D eigenvalue weighted by atomic mass is 10.1. The van der Waals surface area contributed by atoms with Gasteiger partial charge in [0.05, 0.1) is 12.0 Å². The molecule has 1 N–H and O–H groups in total. The van der Waals surface area contributed by atoms with Crippen LogP contribution in [0.15, 0.2) is 33.2 Å². The normalized spacial score (nSPS) is 15.9. The zero-order valence-corrected chi connectivity index (χ0v) is 14.5. The van der Waals surface area contributed by atoms with Crippen molar-refractivity contribution in [2.75, 3.05) is 38.6 Å². The minimum Gasteiger partial charge on any atom is -0.465 e. The molecular formula is C18H24N4O2. The zero-order chi connectivity index (χ0) is 17.1. The predicted octanol–water partition coefficient (Wildman–Crippen LogP) is 1.93. The summed E-state index contributed by atoms with van der Waals surface area (Å²) in [6.07, 6.45) is 5.28. The van der Waals surface area contributed by atoms with Crippen molar-refractivity contribution in [1.29, 1.82) is 0 Å². The van der Waals surface area contributed by atoms with Crippen molar-refractivity contribution in [1.82, 2.24) is 14.9 Å². The largest absolute Gasteiger partial charge is 0.465 e. The van der Waals surface area contributed by atoms with E-state index >= 15 is 0 Å². The molecule has 0 spiro atoms. The molecule has 2 aromatic heterocycles. The van der Waals surface area contributed by atoms with Gasteiger partial charge in [0.25, 0.3) is 5.56 Å². The number of aromatic nitrogens is 2. The molecule has 24 heavy (non-hydrogen) atoms. The average molecular weight is 328 g/mol. The van der Waals surface area contributed by atoms with E-state index in [1.807, 2.05) is 31.1 Å². The molecule has 0 fully saturated rings. The number of furan rings is 1. The highest BCUT2D eigenvalue weighted by atomic mass is 16.3. The third-order valence-electron chi connectivity index (χ3n) is 4.26. The highest BCUT2D eigenvalue weighted by Crippen LogP contribution is 2.15. The van der Waals surface area contributed by atoms with Gasteiger partial charge in [0, 0.05) is 45.7 Å². The molecule has 0 amide bonds. The third kappa shape index (κ3) is 3.76. The van der Waals surface area contributed by atoms with Gasteiger partial charge in [0.1, 0.15) is 5.76 Å². The summed E-state index contributed by atoms with van der Waals surface area (Å²) in [5.74, 6) is 1.50. The monoisotopic (exact) mass is 328 g/mol. The highest BCUT2D eigenvalue weighted by molar-refractivity contribution is 5.46. The molecule has 0 radical (unpaired) electrons. The predicted molar refractivity (Wildman–Crippen MR) is 95.4 cm³/mol. The van der Waals surface area contributed by atoms with Gasteiger partial charge in [-0.25, -0.2) is 4.98 Å². The third-order valence-corrected chi connectivity index (χ3v) is 4.26. The molecule has 0 aromatic carbocycles. The number of fused-ring (bicyclic) bond motifs is 1. The van der Waals surface area contributed by atoms with Crippen LogP contribution in [0, 0.1) is 0 Å². The lowest BCUT2D eigenvalue weighted by Crippen LogP contribution is -2.28. The molecule has 0 atom stereocenters. The van der Waals surface area contributed by atoms with E-state index in [1.54, 1.807) is 6.26 Å². The van der Waals surface area contributed by atoms with Crippen molar-refractivity contribution in [2.45, 2.75) is 19.8 Å². The van der Waals surface area contributed by atoms with Gasteiger partial charge in [-0.1, -0.05) is 5.57 Å². The summed E-state index contributed by atoms with van der Waals surface area (Å²) in [7, 11) is 3.77. The SMILES string of the molecule is C/C(=C\c1ccco1)CN1CCc2nc(N(C)C)[nH]c(=O)c2CC1. The molecule has 3 rings (SSSR count). The van der Waals surface area contributed by atoms with Crippen molar-refractivity contribution < 1.29 is 4.42 Å². The molecule has 0 unspecified atom stereocenters. The fraction of sp³-hybridized carbons (Fsp3) is 0.444. The fourth-order valence-electron chi connectivity index (χ4n) is 3.03. The molecular weight excluding hydrogens is 304 g/mol. The molecule has 6 nitrogen and oxygen atoms in total. The van der Waals surface area contributed by atoms with Gasteiger partial charge in [-0.3, -0.25) is 14.7 Å². The number of aromatic amines is 1. The number of H-pyrrole nitrogens is 1. The van der Waals surface area contributed by atoms with Crippen molar-refractivity contribution in [3.05, 3.63) is 51.3 Å². The van der Waals surface area contributed by atoms with E-state index in [1.165, 1.54) is 5.57 Å². The Kier molecular flexibility index (Phi) is 4.85. The summed E-state index contributed by atoms with van der Waals surface area (Å²) in [5.41, 5.74) is 2.99. The van der Waals surface area contributed by atoms with Crippen LogP contribution < -0.4 is 10.5 Å². The van der Waals surface area contributed by atoms with Gasteiger partial charge >= 0.3 is 0 Å². The van der Waals surface area contributed by atoms with Gasteiger partial charge in [-0.2, -0.15) is 0 Å². The Hall–Kier alpha value is -2.34. The molecule has 1 aliphatic rings. The lowest BCUT2D eigenvalue weighted by Gasteiger charge is -2.19. The number of nitrogens with one attached hydrogen (secondary N) is 1. The zero-order valence-electron chi connectivity index (χ0n) is 14.5. The first-order chi connectivity index (χ1) is 11.5.